The molecule has 1 aromatic heterocycles. The zero-order chi connectivity index (χ0) is 24.0. The SMILES string of the molecule is CN(C(=O)c1cc(Cl)cc(OCCN(C(=O)OC(C)(C)C)c2ccncc2)c1)C1CCCC1. The average molecular weight is 474 g/mol. The zero-order valence-corrected chi connectivity index (χ0v) is 20.5. The van der Waals surface area contributed by atoms with E-state index >= 15 is 0 Å². The van der Waals surface area contributed by atoms with Gasteiger partial charge in [-0.05, 0) is 63.9 Å². The van der Waals surface area contributed by atoms with Crippen molar-refractivity contribution in [3.05, 3.63) is 53.3 Å². The number of carbonyl (C=O) groups is 2. The van der Waals surface area contributed by atoms with Gasteiger partial charge in [-0.1, -0.05) is 24.4 Å². The monoisotopic (exact) mass is 473 g/mol. The standard InChI is InChI=1S/C25H32ClN3O4/c1-25(2,3)33-24(31)29(21-9-11-27-12-10-21)13-14-32-22-16-18(15-19(26)17-22)23(30)28(4)20-7-5-6-8-20/h9-12,15-17,20H,5-8,13-14H2,1-4H3. The van der Waals surface area contributed by atoms with Crippen molar-refractivity contribution >= 4 is 29.3 Å². The number of amides is 2. The van der Waals surface area contributed by atoms with Crippen molar-refractivity contribution in [1.82, 2.24) is 9.88 Å². The van der Waals surface area contributed by atoms with Crippen LogP contribution in [-0.4, -0.2) is 53.7 Å². The first-order valence-electron chi connectivity index (χ1n) is 11.2. The molecule has 0 bridgehead atoms. The van der Waals surface area contributed by atoms with E-state index in [-0.39, 0.29) is 25.1 Å². The lowest BCUT2D eigenvalue weighted by Gasteiger charge is -2.27. The highest BCUT2D eigenvalue weighted by Gasteiger charge is 2.25. The number of pyridine rings is 1. The first-order valence-corrected chi connectivity index (χ1v) is 11.6. The Kier molecular flexibility index (Phi) is 8.19. The van der Waals surface area contributed by atoms with Crippen molar-refractivity contribution in [3.8, 4) is 5.75 Å². The first-order chi connectivity index (χ1) is 15.6. The van der Waals surface area contributed by atoms with Gasteiger partial charge in [0, 0.05) is 36.1 Å². The fourth-order valence-corrected chi connectivity index (χ4v) is 4.08. The van der Waals surface area contributed by atoms with Crippen molar-refractivity contribution in [3.63, 3.8) is 0 Å². The molecule has 2 aromatic rings. The van der Waals surface area contributed by atoms with E-state index in [1.807, 2.05) is 27.8 Å². The molecule has 2 amide bonds. The van der Waals surface area contributed by atoms with Crippen molar-refractivity contribution in [1.29, 1.82) is 0 Å². The molecule has 8 heteroatoms. The van der Waals surface area contributed by atoms with E-state index in [9.17, 15) is 9.59 Å². The van der Waals surface area contributed by atoms with Crippen LogP contribution in [0.15, 0.2) is 42.7 Å². The largest absolute Gasteiger partial charge is 0.492 e. The van der Waals surface area contributed by atoms with Gasteiger partial charge in [0.05, 0.1) is 12.2 Å². The summed E-state index contributed by atoms with van der Waals surface area (Å²) in [4.78, 5) is 33.0. The Morgan fingerprint density at radius 3 is 2.42 bits per heavy atom. The molecule has 33 heavy (non-hydrogen) atoms. The number of carbonyl (C=O) groups excluding carboxylic acids is 2. The summed E-state index contributed by atoms with van der Waals surface area (Å²) >= 11 is 6.28. The number of hydrogen-bond donors (Lipinski definition) is 0. The Labute approximate surface area is 200 Å². The Morgan fingerprint density at radius 2 is 1.79 bits per heavy atom. The van der Waals surface area contributed by atoms with Gasteiger partial charge in [-0.25, -0.2) is 4.79 Å². The molecular weight excluding hydrogens is 442 g/mol. The topological polar surface area (TPSA) is 72.0 Å². The van der Waals surface area contributed by atoms with E-state index < -0.39 is 11.7 Å². The van der Waals surface area contributed by atoms with Crippen LogP contribution >= 0.6 is 11.6 Å². The third-order valence-corrected chi connectivity index (χ3v) is 5.70. The molecule has 1 aromatic carbocycles. The number of nitrogens with zero attached hydrogens (tertiary/aromatic N) is 3. The number of halogens is 1. The van der Waals surface area contributed by atoms with Crippen LogP contribution in [0.4, 0.5) is 10.5 Å². The highest BCUT2D eigenvalue weighted by molar-refractivity contribution is 6.31. The second-order valence-electron chi connectivity index (χ2n) is 9.22. The fourth-order valence-electron chi connectivity index (χ4n) is 3.85. The van der Waals surface area contributed by atoms with Gasteiger partial charge in [-0.3, -0.25) is 14.7 Å². The molecule has 3 rings (SSSR count). The summed E-state index contributed by atoms with van der Waals surface area (Å²) < 4.78 is 11.4. The summed E-state index contributed by atoms with van der Waals surface area (Å²) in [5, 5.41) is 0.425. The van der Waals surface area contributed by atoms with Crippen LogP contribution in [0.3, 0.4) is 0 Å². The van der Waals surface area contributed by atoms with E-state index in [1.165, 1.54) is 4.90 Å². The summed E-state index contributed by atoms with van der Waals surface area (Å²) in [6, 6.07) is 8.76. The molecule has 1 fully saturated rings. The van der Waals surface area contributed by atoms with Crippen LogP contribution in [0.1, 0.15) is 56.8 Å². The lowest BCUT2D eigenvalue weighted by atomic mass is 10.1. The van der Waals surface area contributed by atoms with Crippen LogP contribution in [0.2, 0.25) is 5.02 Å². The molecule has 0 unspecified atom stereocenters. The molecule has 1 aliphatic carbocycles. The molecule has 1 aliphatic rings. The van der Waals surface area contributed by atoms with E-state index in [4.69, 9.17) is 21.1 Å². The minimum absolute atomic E-state index is 0.0681. The molecule has 0 atom stereocenters. The minimum Gasteiger partial charge on any atom is -0.492 e. The van der Waals surface area contributed by atoms with E-state index in [0.717, 1.165) is 25.7 Å². The van der Waals surface area contributed by atoms with Gasteiger partial charge >= 0.3 is 6.09 Å². The maximum absolute atomic E-state index is 13.0. The van der Waals surface area contributed by atoms with Crippen LogP contribution in [0, 0.1) is 0 Å². The highest BCUT2D eigenvalue weighted by atomic mass is 35.5. The average Bonchev–Trinajstić information content (AvgIpc) is 3.29. The van der Waals surface area contributed by atoms with E-state index in [1.54, 1.807) is 47.6 Å². The quantitative estimate of drug-likeness (QED) is 0.525. The van der Waals surface area contributed by atoms with Crippen LogP contribution in [0.25, 0.3) is 0 Å². The number of aromatic nitrogens is 1. The molecule has 0 radical (unpaired) electrons. The van der Waals surface area contributed by atoms with Crippen LogP contribution in [-0.2, 0) is 4.74 Å². The minimum atomic E-state index is -0.628. The summed E-state index contributed by atoms with van der Waals surface area (Å²) in [5.41, 5.74) is 0.518. The first kappa shape index (κ1) is 24.8. The molecule has 0 saturated heterocycles. The van der Waals surface area contributed by atoms with Gasteiger partial charge in [-0.2, -0.15) is 0 Å². The van der Waals surface area contributed by atoms with Crippen molar-refractivity contribution in [2.24, 2.45) is 0 Å². The number of hydrogen-bond acceptors (Lipinski definition) is 5. The molecule has 0 N–H and O–H groups in total. The second-order valence-corrected chi connectivity index (χ2v) is 9.65. The zero-order valence-electron chi connectivity index (χ0n) is 19.7. The summed E-state index contributed by atoms with van der Waals surface area (Å²) in [7, 11) is 1.84. The number of ether oxygens (including phenoxy) is 2. The Balaban J connectivity index is 1.68. The van der Waals surface area contributed by atoms with Crippen molar-refractivity contribution in [2.75, 3.05) is 25.1 Å². The predicted octanol–water partition coefficient (Wildman–Crippen LogP) is 5.57. The third-order valence-electron chi connectivity index (χ3n) is 5.48. The lowest BCUT2D eigenvalue weighted by molar-refractivity contribution is 0.0575. The van der Waals surface area contributed by atoms with Crippen LogP contribution < -0.4 is 9.64 Å². The molecule has 1 saturated carbocycles. The van der Waals surface area contributed by atoms with Gasteiger partial charge in [-0.15, -0.1) is 0 Å². The van der Waals surface area contributed by atoms with Crippen LogP contribution in [0.5, 0.6) is 5.75 Å². The molecule has 7 nitrogen and oxygen atoms in total. The Hall–Kier alpha value is -2.80. The summed E-state index contributed by atoms with van der Waals surface area (Å²) in [6.45, 7) is 5.89. The molecule has 178 valence electrons. The van der Waals surface area contributed by atoms with Gasteiger partial charge in [0.2, 0.25) is 0 Å². The summed E-state index contributed by atoms with van der Waals surface area (Å²) in [5.74, 6) is 0.408. The normalized spacial score (nSPS) is 14.1. The Bertz CT molecular complexity index is 956. The predicted molar refractivity (Wildman–Crippen MR) is 129 cm³/mol. The number of rotatable bonds is 7. The molecule has 0 aliphatic heterocycles. The third kappa shape index (κ3) is 7.09. The van der Waals surface area contributed by atoms with Gasteiger partial charge in [0.1, 0.15) is 18.0 Å². The summed E-state index contributed by atoms with van der Waals surface area (Å²) in [6.07, 6.45) is 7.11. The highest BCUT2D eigenvalue weighted by Crippen LogP contribution is 2.27. The maximum atomic E-state index is 13.0. The van der Waals surface area contributed by atoms with Gasteiger partial charge in [0.15, 0.2) is 0 Å². The lowest BCUT2D eigenvalue weighted by Crippen LogP contribution is -2.39. The number of benzene rings is 1. The van der Waals surface area contributed by atoms with Gasteiger partial charge in [0.25, 0.3) is 5.91 Å². The van der Waals surface area contributed by atoms with E-state index in [2.05, 4.69) is 4.98 Å². The molecule has 1 heterocycles. The Morgan fingerprint density at radius 1 is 1.12 bits per heavy atom. The van der Waals surface area contributed by atoms with Gasteiger partial charge < -0.3 is 14.4 Å². The molecule has 0 spiro atoms. The van der Waals surface area contributed by atoms with Crippen molar-refractivity contribution in [2.45, 2.75) is 58.1 Å². The van der Waals surface area contributed by atoms with Crippen molar-refractivity contribution < 1.29 is 19.1 Å². The smallest absolute Gasteiger partial charge is 0.414 e. The fraction of sp³-hybridized carbons (Fsp3) is 0.480. The second kappa shape index (κ2) is 10.9. The van der Waals surface area contributed by atoms with E-state index in [0.29, 0.717) is 22.0 Å². The number of anilines is 1. The molecular formula is C25H32ClN3O4. The maximum Gasteiger partial charge on any atom is 0.414 e.